The highest BCUT2D eigenvalue weighted by atomic mass is 16.3. The van der Waals surface area contributed by atoms with Gasteiger partial charge in [-0.2, -0.15) is 5.10 Å². The van der Waals surface area contributed by atoms with Gasteiger partial charge in [0.25, 0.3) is 0 Å². The van der Waals surface area contributed by atoms with Crippen molar-refractivity contribution in [1.29, 1.82) is 0 Å². The number of anilines is 2. The molecule has 1 saturated carbocycles. The number of benzene rings is 2. The van der Waals surface area contributed by atoms with Crippen molar-refractivity contribution in [2.24, 2.45) is 18.9 Å². The van der Waals surface area contributed by atoms with Gasteiger partial charge in [-0.15, -0.1) is 0 Å². The predicted octanol–water partition coefficient (Wildman–Crippen LogP) is 3.66. The molecule has 2 aromatic carbocycles. The normalized spacial score (nSPS) is 23.8. The van der Waals surface area contributed by atoms with Crippen LogP contribution < -0.4 is 10.6 Å². The van der Waals surface area contributed by atoms with Crippen LogP contribution >= 0.6 is 0 Å². The van der Waals surface area contributed by atoms with E-state index in [1.165, 1.54) is 6.92 Å². The van der Waals surface area contributed by atoms with Crippen molar-refractivity contribution in [1.82, 2.24) is 9.78 Å². The van der Waals surface area contributed by atoms with Crippen molar-refractivity contribution in [3.63, 3.8) is 0 Å². The summed E-state index contributed by atoms with van der Waals surface area (Å²) in [5.41, 5.74) is 2.42. The van der Waals surface area contributed by atoms with E-state index in [-0.39, 0.29) is 6.42 Å². The average Bonchev–Trinajstić information content (AvgIpc) is 3.13. The van der Waals surface area contributed by atoms with E-state index in [4.69, 9.17) is 0 Å². The molecule has 0 bridgehead atoms. The van der Waals surface area contributed by atoms with Crippen LogP contribution in [0.3, 0.4) is 0 Å². The summed E-state index contributed by atoms with van der Waals surface area (Å²) in [6, 6.07) is 14.6. The van der Waals surface area contributed by atoms with Gasteiger partial charge in [0.15, 0.2) is 0 Å². The number of carbonyl (C=O) groups is 3. The Kier molecular flexibility index (Phi) is 6.82. The van der Waals surface area contributed by atoms with Crippen LogP contribution in [-0.4, -0.2) is 38.1 Å². The molecule has 3 N–H and O–H groups in total. The summed E-state index contributed by atoms with van der Waals surface area (Å²) in [6.07, 6.45) is 1.40. The van der Waals surface area contributed by atoms with E-state index in [0.717, 1.165) is 11.1 Å². The summed E-state index contributed by atoms with van der Waals surface area (Å²) < 4.78 is 1.59. The van der Waals surface area contributed by atoms with Crippen LogP contribution in [0, 0.1) is 32.6 Å². The van der Waals surface area contributed by atoms with Crippen molar-refractivity contribution in [2.45, 2.75) is 45.6 Å². The van der Waals surface area contributed by atoms with Crippen LogP contribution in [0.4, 0.5) is 11.4 Å². The molecule has 8 nitrogen and oxygen atoms in total. The lowest BCUT2D eigenvalue weighted by atomic mass is 9.61. The van der Waals surface area contributed by atoms with Crippen molar-refractivity contribution >= 4 is 29.0 Å². The number of nitrogens with one attached hydrogen (secondary N) is 2. The molecule has 1 heterocycles. The first-order chi connectivity index (χ1) is 17.0. The Morgan fingerprint density at radius 3 is 2.00 bits per heavy atom. The number of aliphatic hydroxyl groups is 1. The largest absolute Gasteiger partial charge is 0.389 e. The molecule has 2 amide bonds. The standard InChI is InChI=1S/C28H32N4O4/c1-16-10-6-8-12-20(16)29-26(34)24-22(33)14-28(4,36)25(23(24)19-15-32(5)31-18(19)3)27(35)30-21-13-9-7-11-17(21)2/h6-13,15,23-25,36H,14H2,1-5H3,(H,29,34)(H,30,35)/t23-,24-,25-,28+/m1/s1. The summed E-state index contributed by atoms with van der Waals surface area (Å²) in [5, 5.41) is 21.7. The third-order valence-electron chi connectivity index (χ3n) is 7.05. The molecule has 188 valence electrons. The number of ketones is 1. The number of hydrogen-bond donors (Lipinski definition) is 3. The molecule has 4 rings (SSSR count). The van der Waals surface area contributed by atoms with Crippen LogP contribution in [0.25, 0.3) is 0 Å². The minimum atomic E-state index is -1.67. The van der Waals surface area contributed by atoms with E-state index < -0.39 is 41.0 Å². The lowest BCUT2D eigenvalue weighted by Crippen LogP contribution is -2.56. The van der Waals surface area contributed by atoms with Gasteiger partial charge in [0, 0.05) is 37.0 Å². The summed E-state index contributed by atoms with van der Waals surface area (Å²) in [5.74, 6) is -4.55. The minimum Gasteiger partial charge on any atom is -0.389 e. The van der Waals surface area contributed by atoms with Crippen LogP contribution in [0.15, 0.2) is 54.7 Å². The number of hydrogen-bond acceptors (Lipinski definition) is 5. The fraction of sp³-hybridized carbons (Fsp3) is 0.357. The van der Waals surface area contributed by atoms with Crippen LogP contribution in [0.2, 0.25) is 0 Å². The number of nitrogens with zero attached hydrogens (tertiary/aromatic N) is 2. The van der Waals surface area contributed by atoms with Crippen molar-refractivity contribution in [2.75, 3.05) is 10.6 Å². The predicted molar refractivity (Wildman–Crippen MR) is 138 cm³/mol. The number of aryl methyl sites for hydroxylation is 4. The maximum Gasteiger partial charge on any atom is 0.235 e. The number of amides is 2. The highest BCUT2D eigenvalue weighted by molar-refractivity contribution is 6.10. The summed E-state index contributed by atoms with van der Waals surface area (Å²) in [7, 11) is 1.74. The third kappa shape index (κ3) is 4.81. The quantitative estimate of drug-likeness (QED) is 0.475. The van der Waals surface area contributed by atoms with Crippen molar-refractivity contribution in [3.8, 4) is 0 Å². The van der Waals surface area contributed by atoms with Gasteiger partial charge < -0.3 is 15.7 Å². The lowest BCUT2D eigenvalue weighted by molar-refractivity contribution is -0.150. The van der Waals surface area contributed by atoms with Crippen molar-refractivity contribution in [3.05, 3.63) is 77.1 Å². The Morgan fingerprint density at radius 1 is 0.972 bits per heavy atom. The van der Waals surface area contributed by atoms with E-state index in [2.05, 4.69) is 15.7 Å². The first-order valence-corrected chi connectivity index (χ1v) is 12.0. The number of para-hydroxylation sites is 2. The van der Waals surface area contributed by atoms with E-state index in [0.29, 0.717) is 22.6 Å². The van der Waals surface area contributed by atoms with Gasteiger partial charge in [0.1, 0.15) is 11.7 Å². The molecular weight excluding hydrogens is 456 g/mol. The zero-order chi connectivity index (χ0) is 26.2. The van der Waals surface area contributed by atoms with Gasteiger partial charge in [0.05, 0.1) is 17.2 Å². The first kappa shape index (κ1) is 25.3. The first-order valence-electron chi connectivity index (χ1n) is 12.0. The fourth-order valence-electron chi connectivity index (χ4n) is 5.26. The zero-order valence-electron chi connectivity index (χ0n) is 21.2. The molecule has 1 fully saturated rings. The van der Waals surface area contributed by atoms with Gasteiger partial charge in [-0.3, -0.25) is 19.1 Å². The lowest BCUT2D eigenvalue weighted by Gasteiger charge is -2.44. The fourth-order valence-corrected chi connectivity index (χ4v) is 5.26. The molecular formula is C28H32N4O4. The average molecular weight is 489 g/mol. The second-order valence-corrected chi connectivity index (χ2v) is 9.93. The number of Topliss-reactive ketones (excluding diaryl/α,β-unsaturated/α-hetero) is 1. The van der Waals surface area contributed by atoms with Gasteiger partial charge >= 0.3 is 0 Å². The maximum atomic E-state index is 13.8. The number of rotatable bonds is 5. The maximum absolute atomic E-state index is 13.8. The van der Waals surface area contributed by atoms with Gasteiger partial charge in [-0.25, -0.2) is 0 Å². The number of aromatic nitrogens is 2. The van der Waals surface area contributed by atoms with Crippen molar-refractivity contribution < 1.29 is 19.5 Å². The smallest absolute Gasteiger partial charge is 0.235 e. The second-order valence-electron chi connectivity index (χ2n) is 9.93. The Balaban J connectivity index is 1.80. The third-order valence-corrected chi connectivity index (χ3v) is 7.05. The van der Waals surface area contributed by atoms with E-state index in [1.54, 1.807) is 43.0 Å². The van der Waals surface area contributed by atoms with E-state index in [1.807, 2.05) is 44.2 Å². The van der Waals surface area contributed by atoms with Gasteiger partial charge in [0.2, 0.25) is 11.8 Å². The topological polar surface area (TPSA) is 113 Å². The molecule has 3 aromatic rings. The SMILES string of the molecule is Cc1ccccc1NC(=O)[C@@H]1C(=O)C[C@](C)(O)[C@@H](C(=O)Nc2ccccc2C)[C@@H]1c1cn(C)nc1C. The molecule has 36 heavy (non-hydrogen) atoms. The molecule has 1 aliphatic carbocycles. The zero-order valence-corrected chi connectivity index (χ0v) is 21.2. The van der Waals surface area contributed by atoms with Crippen LogP contribution in [0.1, 0.15) is 41.6 Å². The molecule has 0 unspecified atom stereocenters. The molecule has 8 heteroatoms. The highest BCUT2D eigenvalue weighted by Gasteiger charge is 2.56. The molecule has 1 aromatic heterocycles. The highest BCUT2D eigenvalue weighted by Crippen LogP contribution is 2.47. The Morgan fingerprint density at radius 2 is 1.50 bits per heavy atom. The van der Waals surface area contributed by atoms with Crippen LogP contribution in [-0.2, 0) is 21.4 Å². The monoisotopic (exact) mass is 488 g/mol. The number of carbonyl (C=O) groups excluding carboxylic acids is 3. The molecule has 4 atom stereocenters. The molecule has 0 aliphatic heterocycles. The molecule has 0 radical (unpaired) electrons. The van der Waals surface area contributed by atoms with Crippen LogP contribution in [0.5, 0.6) is 0 Å². The molecule has 1 aliphatic rings. The molecule has 0 saturated heterocycles. The minimum absolute atomic E-state index is 0.319. The second kappa shape index (κ2) is 9.70. The summed E-state index contributed by atoms with van der Waals surface area (Å²) >= 11 is 0. The summed E-state index contributed by atoms with van der Waals surface area (Å²) in [4.78, 5) is 40.9. The Bertz CT molecular complexity index is 1330. The van der Waals surface area contributed by atoms with Gasteiger partial charge in [-0.1, -0.05) is 36.4 Å². The Labute approximate surface area is 210 Å². The van der Waals surface area contributed by atoms with E-state index >= 15 is 0 Å². The van der Waals surface area contributed by atoms with Gasteiger partial charge in [-0.05, 0) is 56.5 Å². The Hall–Kier alpha value is -3.78. The van der Waals surface area contributed by atoms with E-state index in [9.17, 15) is 19.5 Å². The summed E-state index contributed by atoms with van der Waals surface area (Å²) in [6.45, 7) is 7.00. The molecule has 0 spiro atoms.